The van der Waals surface area contributed by atoms with E-state index in [9.17, 15) is 22.7 Å². The second-order valence-electron chi connectivity index (χ2n) is 8.03. The van der Waals surface area contributed by atoms with Crippen LogP contribution in [0.1, 0.15) is 27.6 Å². The van der Waals surface area contributed by atoms with Crippen molar-refractivity contribution in [2.75, 3.05) is 32.6 Å². The predicted molar refractivity (Wildman–Crippen MR) is 141 cm³/mol. The predicted octanol–water partition coefficient (Wildman–Crippen LogP) is 3.68. The minimum absolute atomic E-state index is 0. The van der Waals surface area contributed by atoms with Gasteiger partial charge in [0, 0.05) is 6.54 Å². The fraction of sp³-hybridized carbons (Fsp3) is 0.269. The smallest absolute Gasteiger partial charge is 0.268 e. The zero-order chi connectivity index (χ0) is 25.3. The molecule has 0 aromatic heterocycles. The van der Waals surface area contributed by atoms with Crippen LogP contribution < -0.4 is 14.8 Å². The number of alkyl halides is 1. The molecule has 3 aromatic rings. The topological polar surface area (TPSA) is 105 Å². The summed E-state index contributed by atoms with van der Waals surface area (Å²) >= 11 is 0. The van der Waals surface area contributed by atoms with Crippen molar-refractivity contribution in [1.29, 1.82) is 0 Å². The zero-order valence-electron chi connectivity index (χ0n) is 19.8. The maximum Gasteiger partial charge on any atom is 0.268 e. The summed E-state index contributed by atoms with van der Waals surface area (Å²) < 4.78 is 42.7. The molecule has 0 spiro atoms. The minimum atomic E-state index is -3.75. The fourth-order valence-electron chi connectivity index (χ4n) is 3.51. The van der Waals surface area contributed by atoms with Crippen LogP contribution in [0.25, 0.3) is 11.1 Å². The molecule has 0 aliphatic heterocycles. The van der Waals surface area contributed by atoms with Crippen LogP contribution in [0.5, 0.6) is 5.75 Å². The summed E-state index contributed by atoms with van der Waals surface area (Å²) in [6.45, 7) is 0.160. The number of halogens is 2. The average Bonchev–Trinajstić information content (AvgIpc) is 2.85. The number of aliphatic hydroxyl groups excluding tert-OH is 1. The first-order chi connectivity index (χ1) is 16.8. The number of ether oxygens (including phenoxy) is 1. The summed E-state index contributed by atoms with van der Waals surface area (Å²) in [5.41, 5.74) is 3.59. The van der Waals surface area contributed by atoms with Gasteiger partial charge in [-0.25, -0.2) is 17.5 Å². The Morgan fingerprint density at radius 3 is 2.33 bits per heavy atom. The van der Waals surface area contributed by atoms with Gasteiger partial charge >= 0.3 is 0 Å². The molecule has 3 aromatic carbocycles. The number of rotatable bonds is 12. The Morgan fingerprint density at radius 1 is 1.03 bits per heavy atom. The molecule has 0 saturated heterocycles. The SMILES string of the molecule is CS(=O)(=O)NC(=O)c1ccc(-c2ccc(CCNC[C@H](O)c3ccccc3)cc2)cc1OCCF.Cl. The molecule has 0 fully saturated rings. The maximum atomic E-state index is 12.7. The van der Waals surface area contributed by atoms with Gasteiger partial charge in [-0.05, 0) is 47.4 Å². The summed E-state index contributed by atoms with van der Waals surface area (Å²) in [5.74, 6) is -0.736. The highest BCUT2D eigenvalue weighted by Crippen LogP contribution is 2.28. The van der Waals surface area contributed by atoms with E-state index in [1.807, 2.05) is 59.3 Å². The maximum absolute atomic E-state index is 12.7. The molecule has 0 unspecified atom stereocenters. The second-order valence-corrected chi connectivity index (χ2v) is 9.78. The van der Waals surface area contributed by atoms with Crippen molar-refractivity contribution < 1.29 is 27.4 Å². The molecule has 3 N–H and O–H groups in total. The molecule has 0 aliphatic carbocycles. The van der Waals surface area contributed by atoms with Gasteiger partial charge in [0.15, 0.2) is 0 Å². The number of hydrogen-bond acceptors (Lipinski definition) is 6. The van der Waals surface area contributed by atoms with E-state index in [0.717, 1.165) is 34.9 Å². The van der Waals surface area contributed by atoms with Crippen molar-refractivity contribution in [3.8, 4) is 16.9 Å². The van der Waals surface area contributed by atoms with E-state index in [-0.39, 0.29) is 30.3 Å². The molecule has 1 amide bonds. The first kappa shape index (κ1) is 29.3. The molecule has 0 aliphatic rings. The van der Waals surface area contributed by atoms with Gasteiger partial charge in [-0.15, -0.1) is 12.4 Å². The van der Waals surface area contributed by atoms with Crippen LogP contribution in [0, 0.1) is 0 Å². The van der Waals surface area contributed by atoms with Gasteiger partial charge in [0.25, 0.3) is 5.91 Å². The van der Waals surface area contributed by atoms with E-state index >= 15 is 0 Å². The molecule has 0 bridgehead atoms. The van der Waals surface area contributed by atoms with E-state index in [4.69, 9.17) is 4.74 Å². The average molecular weight is 537 g/mol. The van der Waals surface area contributed by atoms with E-state index < -0.39 is 28.7 Å². The van der Waals surface area contributed by atoms with Crippen molar-refractivity contribution in [1.82, 2.24) is 10.0 Å². The summed E-state index contributed by atoms with van der Waals surface area (Å²) in [6.07, 6.45) is 1.09. The van der Waals surface area contributed by atoms with Gasteiger partial charge in [0.1, 0.15) is 19.0 Å². The molecule has 10 heteroatoms. The monoisotopic (exact) mass is 536 g/mol. The third-order valence-corrected chi connectivity index (χ3v) is 5.79. The number of sulfonamides is 1. The van der Waals surface area contributed by atoms with Crippen LogP contribution in [0.4, 0.5) is 4.39 Å². The van der Waals surface area contributed by atoms with Gasteiger partial charge in [-0.2, -0.15) is 0 Å². The molecular weight excluding hydrogens is 507 g/mol. The summed E-state index contributed by atoms with van der Waals surface area (Å²) in [7, 11) is -3.75. The van der Waals surface area contributed by atoms with Crippen molar-refractivity contribution in [2.24, 2.45) is 0 Å². The number of benzene rings is 3. The van der Waals surface area contributed by atoms with E-state index in [1.165, 1.54) is 6.07 Å². The molecule has 0 radical (unpaired) electrons. The van der Waals surface area contributed by atoms with Crippen LogP contribution in [-0.2, 0) is 16.4 Å². The van der Waals surface area contributed by atoms with Gasteiger partial charge in [0.05, 0.1) is 17.9 Å². The largest absolute Gasteiger partial charge is 0.490 e. The Labute approximate surface area is 217 Å². The molecular formula is C26H30ClFN2O5S. The first-order valence-corrected chi connectivity index (χ1v) is 13.0. The highest BCUT2D eigenvalue weighted by molar-refractivity contribution is 7.89. The lowest BCUT2D eigenvalue weighted by molar-refractivity contribution is 0.0977. The minimum Gasteiger partial charge on any atom is -0.490 e. The first-order valence-electron chi connectivity index (χ1n) is 11.1. The molecule has 0 heterocycles. The quantitative estimate of drug-likeness (QED) is 0.305. The molecule has 7 nitrogen and oxygen atoms in total. The summed E-state index contributed by atoms with van der Waals surface area (Å²) in [6, 6.07) is 22.0. The number of aliphatic hydroxyl groups is 1. The van der Waals surface area contributed by atoms with E-state index in [1.54, 1.807) is 12.1 Å². The van der Waals surface area contributed by atoms with Gasteiger partial charge < -0.3 is 15.2 Å². The zero-order valence-corrected chi connectivity index (χ0v) is 21.4. The number of hydrogen-bond donors (Lipinski definition) is 3. The standard InChI is InChI=1S/C26H29FN2O5S.ClH/c1-35(32,33)29-26(31)23-12-11-22(17-25(23)34-16-14-27)20-9-7-19(8-10-20)13-15-28-18-24(30)21-5-3-2-4-6-21;/h2-12,17,24,28,30H,13-16,18H2,1H3,(H,29,31);1H/t24-;/m0./s1. The van der Waals surface area contributed by atoms with Crippen molar-refractivity contribution >= 4 is 28.3 Å². The van der Waals surface area contributed by atoms with Crippen molar-refractivity contribution in [3.63, 3.8) is 0 Å². The Hall–Kier alpha value is -2.98. The number of nitrogens with one attached hydrogen (secondary N) is 2. The Bertz CT molecular complexity index is 1220. The van der Waals surface area contributed by atoms with Crippen LogP contribution >= 0.6 is 12.4 Å². The van der Waals surface area contributed by atoms with Crippen LogP contribution in [-0.4, -0.2) is 52.1 Å². The van der Waals surface area contributed by atoms with Crippen molar-refractivity contribution in [2.45, 2.75) is 12.5 Å². The van der Waals surface area contributed by atoms with E-state index in [0.29, 0.717) is 13.1 Å². The molecule has 194 valence electrons. The Kier molecular flexibility index (Phi) is 11.3. The summed E-state index contributed by atoms with van der Waals surface area (Å²) in [5, 5.41) is 13.5. The third kappa shape index (κ3) is 8.91. The molecule has 3 rings (SSSR count). The number of amides is 1. The Balaban J connectivity index is 0.00000456. The molecule has 0 saturated carbocycles. The molecule has 1 atom stereocenters. The van der Waals surface area contributed by atoms with E-state index in [2.05, 4.69) is 5.32 Å². The van der Waals surface area contributed by atoms with Gasteiger partial charge in [-0.3, -0.25) is 4.79 Å². The number of carbonyl (C=O) groups is 1. The van der Waals surface area contributed by atoms with Crippen LogP contribution in [0.15, 0.2) is 72.8 Å². The Morgan fingerprint density at radius 2 is 1.69 bits per heavy atom. The van der Waals surface area contributed by atoms with Gasteiger partial charge in [0.2, 0.25) is 10.0 Å². The van der Waals surface area contributed by atoms with Crippen LogP contribution in [0.2, 0.25) is 0 Å². The van der Waals surface area contributed by atoms with Gasteiger partial charge in [-0.1, -0.05) is 60.7 Å². The lowest BCUT2D eigenvalue weighted by Crippen LogP contribution is -2.29. The second kappa shape index (κ2) is 13.9. The number of carbonyl (C=O) groups excluding carboxylic acids is 1. The summed E-state index contributed by atoms with van der Waals surface area (Å²) in [4.78, 5) is 12.3. The molecule has 36 heavy (non-hydrogen) atoms. The third-order valence-electron chi connectivity index (χ3n) is 5.24. The highest BCUT2D eigenvalue weighted by Gasteiger charge is 2.17. The van der Waals surface area contributed by atoms with Crippen LogP contribution in [0.3, 0.4) is 0 Å². The lowest BCUT2D eigenvalue weighted by Gasteiger charge is -2.13. The lowest BCUT2D eigenvalue weighted by atomic mass is 10.0. The normalized spacial score (nSPS) is 11.9. The fourth-order valence-corrected chi connectivity index (χ4v) is 3.96. The highest BCUT2D eigenvalue weighted by atomic mass is 35.5. The van der Waals surface area contributed by atoms with Crippen molar-refractivity contribution in [3.05, 3.63) is 89.5 Å².